The highest BCUT2D eigenvalue weighted by atomic mass is 15.3. The van der Waals surface area contributed by atoms with Crippen LogP contribution in [0.4, 0.5) is 5.95 Å². The molecule has 1 fully saturated rings. The maximum absolute atomic E-state index is 5.64. The Morgan fingerprint density at radius 2 is 1.76 bits per heavy atom. The lowest BCUT2D eigenvalue weighted by Crippen LogP contribution is -2.45. The minimum Gasteiger partial charge on any atom is -0.338 e. The Bertz CT molecular complexity index is 588. The molecule has 0 spiro atoms. The lowest BCUT2D eigenvalue weighted by molar-refractivity contribution is 0.311. The van der Waals surface area contributed by atoms with E-state index in [1.54, 1.807) is 0 Å². The number of aromatic nitrogens is 2. The van der Waals surface area contributed by atoms with E-state index < -0.39 is 0 Å². The highest BCUT2D eigenvalue weighted by molar-refractivity contribution is 5.60. The van der Waals surface area contributed by atoms with Gasteiger partial charge in [0.2, 0.25) is 5.95 Å². The summed E-state index contributed by atoms with van der Waals surface area (Å²) in [6, 6.07) is 10.2. The van der Waals surface area contributed by atoms with Crippen molar-refractivity contribution in [2.45, 2.75) is 6.54 Å². The van der Waals surface area contributed by atoms with Gasteiger partial charge in [-0.15, -0.1) is 0 Å². The van der Waals surface area contributed by atoms with E-state index in [1.165, 1.54) is 0 Å². The third-order valence-electron chi connectivity index (χ3n) is 3.91. The van der Waals surface area contributed by atoms with E-state index in [4.69, 9.17) is 10.7 Å². The van der Waals surface area contributed by atoms with Gasteiger partial charge in [0, 0.05) is 44.5 Å². The summed E-state index contributed by atoms with van der Waals surface area (Å²) in [5, 5.41) is 0. The van der Waals surface area contributed by atoms with Crippen LogP contribution in [0.25, 0.3) is 11.3 Å². The largest absolute Gasteiger partial charge is 0.338 e. The van der Waals surface area contributed by atoms with E-state index in [9.17, 15) is 0 Å². The van der Waals surface area contributed by atoms with Crippen LogP contribution >= 0.6 is 0 Å². The first-order chi connectivity index (χ1) is 10.3. The Hall–Kier alpha value is -1.98. The molecule has 0 unspecified atom stereocenters. The van der Waals surface area contributed by atoms with E-state index in [-0.39, 0.29) is 0 Å². The molecular formula is C16H21N5. The lowest BCUT2D eigenvalue weighted by Gasteiger charge is -2.32. The molecule has 2 heterocycles. The van der Waals surface area contributed by atoms with Crippen molar-refractivity contribution < 1.29 is 0 Å². The quantitative estimate of drug-likeness (QED) is 0.921. The molecule has 0 aliphatic carbocycles. The molecule has 2 aromatic rings. The zero-order valence-electron chi connectivity index (χ0n) is 12.4. The monoisotopic (exact) mass is 283 g/mol. The van der Waals surface area contributed by atoms with E-state index >= 15 is 0 Å². The fraction of sp³-hybridized carbons (Fsp3) is 0.375. The first-order valence-electron chi connectivity index (χ1n) is 7.32. The van der Waals surface area contributed by atoms with Crippen LogP contribution in [0.3, 0.4) is 0 Å². The first kappa shape index (κ1) is 14.0. The van der Waals surface area contributed by atoms with Gasteiger partial charge in [-0.25, -0.2) is 9.97 Å². The molecule has 1 aliphatic heterocycles. The Labute approximate surface area is 125 Å². The maximum Gasteiger partial charge on any atom is 0.225 e. The van der Waals surface area contributed by atoms with Crippen LogP contribution in [0.1, 0.15) is 5.56 Å². The Balaban J connectivity index is 1.82. The Morgan fingerprint density at radius 1 is 1.05 bits per heavy atom. The summed E-state index contributed by atoms with van der Waals surface area (Å²) in [4.78, 5) is 13.7. The molecule has 5 heteroatoms. The smallest absolute Gasteiger partial charge is 0.225 e. The molecule has 0 saturated carbocycles. The highest BCUT2D eigenvalue weighted by Crippen LogP contribution is 2.20. The van der Waals surface area contributed by atoms with Gasteiger partial charge in [-0.1, -0.05) is 24.3 Å². The van der Waals surface area contributed by atoms with Crippen LogP contribution in [-0.4, -0.2) is 48.1 Å². The minimum absolute atomic E-state index is 0.566. The number of likely N-dealkylation sites (N-methyl/N-ethyl adjacent to an activating group) is 1. The van der Waals surface area contributed by atoms with Crippen LogP contribution in [0, 0.1) is 0 Å². The molecule has 0 bridgehead atoms. The van der Waals surface area contributed by atoms with Gasteiger partial charge in [0.25, 0.3) is 0 Å². The van der Waals surface area contributed by atoms with Crippen LogP contribution in [0.15, 0.2) is 36.5 Å². The standard InChI is InChI=1S/C16H21N5/c1-20-8-10-21(11-9-20)16-18-7-6-15(19-16)14-4-2-13(12-17)3-5-14/h2-7H,8-12,17H2,1H3. The summed E-state index contributed by atoms with van der Waals surface area (Å²) in [7, 11) is 2.15. The van der Waals surface area contributed by atoms with Crippen molar-refractivity contribution in [3.8, 4) is 11.3 Å². The van der Waals surface area contributed by atoms with E-state index in [0.717, 1.165) is 48.9 Å². The van der Waals surface area contributed by atoms with E-state index in [0.29, 0.717) is 6.54 Å². The summed E-state index contributed by atoms with van der Waals surface area (Å²) in [5.41, 5.74) is 8.83. The molecular weight excluding hydrogens is 262 g/mol. The van der Waals surface area contributed by atoms with Gasteiger partial charge in [-0.3, -0.25) is 0 Å². The summed E-state index contributed by atoms with van der Waals surface area (Å²) in [6.45, 7) is 4.63. The van der Waals surface area contributed by atoms with E-state index in [2.05, 4.69) is 34.0 Å². The Kier molecular flexibility index (Phi) is 4.13. The maximum atomic E-state index is 5.64. The van der Waals surface area contributed by atoms with Gasteiger partial charge >= 0.3 is 0 Å². The number of nitrogens with two attached hydrogens (primary N) is 1. The van der Waals surface area contributed by atoms with Gasteiger partial charge in [-0.05, 0) is 18.7 Å². The molecule has 5 nitrogen and oxygen atoms in total. The molecule has 0 amide bonds. The summed E-state index contributed by atoms with van der Waals surface area (Å²) >= 11 is 0. The molecule has 1 saturated heterocycles. The minimum atomic E-state index is 0.566. The number of piperazine rings is 1. The summed E-state index contributed by atoms with van der Waals surface area (Å²) in [5.74, 6) is 0.823. The van der Waals surface area contributed by atoms with Crippen molar-refractivity contribution in [2.24, 2.45) is 5.73 Å². The second-order valence-corrected chi connectivity index (χ2v) is 5.43. The molecule has 0 radical (unpaired) electrons. The van der Waals surface area contributed by atoms with Crippen LogP contribution < -0.4 is 10.6 Å². The Morgan fingerprint density at radius 3 is 2.43 bits per heavy atom. The third-order valence-corrected chi connectivity index (χ3v) is 3.91. The van der Waals surface area contributed by atoms with Crippen molar-refractivity contribution in [1.29, 1.82) is 0 Å². The van der Waals surface area contributed by atoms with Crippen LogP contribution in [-0.2, 0) is 6.54 Å². The summed E-state index contributed by atoms with van der Waals surface area (Å²) in [6.07, 6.45) is 1.84. The predicted octanol–water partition coefficient (Wildman–Crippen LogP) is 1.35. The molecule has 1 aromatic carbocycles. The molecule has 3 rings (SSSR count). The zero-order chi connectivity index (χ0) is 14.7. The zero-order valence-corrected chi connectivity index (χ0v) is 12.4. The summed E-state index contributed by atoms with van der Waals surface area (Å²) < 4.78 is 0. The van der Waals surface area contributed by atoms with Gasteiger partial charge in [0.05, 0.1) is 5.69 Å². The second kappa shape index (κ2) is 6.20. The molecule has 21 heavy (non-hydrogen) atoms. The number of rotatable bonds is 3. The normalized spacial score (nSPS) is 16.2. The van der Waals surface area contributed by atoms with E-state index in [1.807, 2.05) is 24.4 Å². The van der Waals surface area contributed by atoms with Gasteiger partial charge in [0.1, 0.15) is 0 Å². The molecule has 1 aliphatic rings. The second-order valence-electron chi connectivity index (χ2n) is 5.43. The topological polar surface area (TPSA) is 58.3 Å². The molecule has 2 N–H and O–H groups in total. The number of hydrogen-bond acceptors (Lipinski definition) is 5. The molecule has 110 valence electrons. The number of anilines is 1. The van der Waals surface area contributed by atoms with Crippen molar-refractivity contribution in [3.63, 3.8) is 0 Å². The molecule has 0 atom stereocenters. The third kappa shape index (κ3) is 3.20. The average Bonchev–Trinajstić information content (AvgIpc) is 2.56. The number of hydrogen-bond donors (Lipinski definition) is 1. The predicted molar refractivity (Wildman–Crippen MR) is 85.1 cm³/mol. The average molecular weight is 283 g/mol. The van der Waals surface area contributed by atoms with Crippen molar-refractivity contribution in [3.05, 3.63) is 42.1 Å². The fourth-order valence-electron chi connectivity index (χ4n) is 2.48. The van der Waals surface area contributed by atoms with Gasteiger partial charge < -0.3 is 15.5 Å². The fourth-order valence-corrected chi connectivity index (χ4v) is 2.48. The van der Waals surface area contributed by atoms with Crippen LogP contribution in [0.2, 0.25) is 0 Å². The SMILES string of the molecule is CN1CCN(c2nccc(-c3ccc(CN)cc3)n2)CC1. The highest BCUT2D eigenvalue weighted by Gasteiger charge is 2.16. The first-order valence-corrected chi connectivity index (χ1v) is 7.32. The van der Waals surface area contributed by atoms with Crippen molar-refractivity contribution in [2.75, 3.05) is 38.1 Å². The number of benzene rings is 1. The lowest BCUT2D eigenvalue weighted by atomic mass is 10.1. The van der Waals surface area contributed by atoms with Crippen molar-refractivity contribution >= 4 is 5.95 Å². The van der Waals surface area contributed by atoms with Gasteiger partial charge in [0.15, 0.2) is 0 Å². The van der Waals surface area contributed by atoms with Gasteiger partial charge in [-0.2, -0.15) is 0 Å². The van der Waals surface area contributed by atoms with Crippen molar-refractivity contribution in [1.82, 2.24) is 14.9 Å². The van der Waals surface area contributed by atoms with Crippen LogP contribution in [0.5, 0.6) is 0 Å². The number of nitrogens with zero attached hydrogens (tertiary/aromatic N) is 4. The molecule has 1 aromatic heterocycles.